The van der Waals surface area contributed by atoms with Crippen LogP contribution in [-0.2, 0) is 14.8 Å². The first-order chi connectivity index (χ1) is 6.99. The van der Waals surface area contributed by atoms with Gasteiger partial charge in [0.2, 0.25) is 10.0 Å². The summed E-state index contributed by atoms with van der Waals surface area (Å²) < 4.78 is 24.4. The van der Waals surface area contributed by atoms with Crippen LogP contribution in [0.15, 0.2) is 12.7 Å². The fraction of sp³-hybridized carbons (Fsp3) is 0.625. The number of sulfonamides is 1. The Kier molecular flexibility index (Phi) is 4.18. The van der Waals surface area contributed by atoms with Gasteiger partial charge in [-0.2, -0.15) is 16.1 Å². The first-order valence-electron chi connectivity index (χ1n) is 4.40. The molecule has 0 radical (unpaired) electrons. The average Bonchev–Trinajstić information content (AvgIpc) is 2.17. The fourth-order valence-corrected chi connectivity index (χ4v) is 4.02. The maximum Gasteiger partial charge on any atom is 0.322 e. The molecule has 0 spiro atoms. The Hall–Kier alpha value is -0.530. The Morgan fingerprint density at radius 3 is 2.87 bits per heavy atom. The third-order valence-electron chi connectivity index (χ3n) is 2.05. The number of carboxylic acid groups (broad SMARTS) is 1. The normalized spacial score (nSPS) is 23.6. The largest absolute Gasteiger partial charge is 0.480 e. The summed E-state index contributed by atoms with van der Waals surface area (Å²) in [5.41, 5.74) is 0. The van der Waals surface area contributed by atoms with Crippen molar-refractivity contribution in [1.82, 2.24) is 4.31 Å². The predicted molar refractivity (Wildman–Crippen MR) is 59.4 cm³/mol. The number of carbonyl (C=O) groups is 1. The van der Waals surface area contributed by atoms with E-state index < -0.39 is 22.0 Å². The summed E-state index contributed by atoms with van der Waals surface area (Å²) in [6.45, 7) is 3.61. The molecule has 1 rings (SSSR count). The van der Waals surface area contributed by atoms with Crippen LogP contribution in [0.1, 0.15) is 0 Å². The van der Waals surface area contributed by atoms with Crippen molar-refractivity contribution in [2.75, 3.05) is 23.8 Å². The molecule has 1 heterocycles. The number of hydrogen-bond donors (Lipinski definition) is 1. The molecule has 1 unspecified atom stereocenters. The van der Waals surface area contributed by atoms with Crippen molar-refractivity contribution in [2.24, 2.45) is 0 Å². The molecule has 1 aliphatic heterocycles. The van der Waals surface area contributed by atoms with Gasteiger partial charge in [0.15, 0.2) is 0 Å². The van der Waals surface area contributed by atoms with E-state index in [1.165, 1.54) is 17.8 Å². The quantitative estimate of drug-likeness (QED) is 0.712. The summed E-state index contributed by atoms with van der Waals surface area (Å²) in [6.07, 6.45) is 1.27. The first-order valence-corrected chi connectivity index (χ1v) is 7.16. The molecule has 15 heavy (non-hydrogen) atoms. The molecule has 1 N–H and O–H groups in total. The van der Waals surface area contributed by atoms with Gasteiger partial charge in [-0.1, -0.05) is 6.08 Å². The van der Waals surface area contributed by atoms with Crippen molar-refractivity contribution in [2.45, 2.75) is 6.04 Å². The zero-order valence-corrected chi connectivity index (χ0v) is 9.76. The lowest BCUT2D eigenvalue weighted by Gasteiger charge is -2.31. The van der Waals surface area contributed by atoms with Crippen LogP contribution < -0.4 is 0 Å². The standard InChI is InChI=1S/C8H13NO4S2/c1-2-5-15(12,13)9-3-4-14-6-7(9)8(10)11/h2,7H,1,3-6H2,(H,10,11). The SMILES string of the molecule is C=CCS(=O)(=O)N1CCSCC1C(=O)O. The zero-order chi connectivity index (χ0) is 11.5. The number of nitrogens with zero attached hydrogens (tertiary/aromatic N) is 1. The van der Waals surface area contributed by atoms with Crippen molar-refractivity contribution in [1.29, 1.82) is 0 Å². The number of thioether (sulfide) groups is 1. The summed E-state index contributed by atoms with van der Waals surface area (Å²) in [6, 6.07) is -0.936. The lowest BCUT2D eigenvalue weighted by atomic mass is 10.3. The molecule has 1 aliphatic rings. The molecule has 5 nitrogen and oxygen atoms in total. The second kappa shape index (κ2) is 5.00. The Morgan fingerprint density at radius 2 is 2.33 bits per heavy atom. The average molecular weight is 251 g/mol. The van der Waals surface area contributed by atoms with Gasteiger partial charge in [0, 0.05) is 18.1 Å². The van der Waals surface area contributed by atoms with Crippen LogP contribution >= 0.6 is 11.8 Å². The molecule has 0 aromatic heterocycles. The minimum Gasteiger partial charge on any atom is -0.480 e. The van der Waals surface area contributed by atoms with Crippen LogP contribution in [0, 0.1) is 0 Å². The van der Waals surface area contributed by atoms with Gasteiger partial charge in [0.1, 0.15) is 6.04 Å². The molecule has 1 fully saturated rings. The second-order valence-corrected chi connectivity index (χ2v) is 6.22. The minimum atomic E-state index is -3.51. The van der Waals surface area contributed by atoms with Crippen molar-refractivity contribution in [3.05, 3.63) is 12.7 Å². The Labute approximate surface area is 93.2 Å². The summed E-state index contributed by atoms with van der Waals surface area (Å²) in [5.74, 6) is -0.345. The van der Waals surface area contributed by atoms with E-state index in [0.717, 1.165) is 4.31 Å². The molecule has 0 amide bonds. The van der Waals surface area contributed by atoms with Crippen LogP contribution in [-0.4, -0.2) is 53.6 Å². The highest BCUT2D eigenvalue weighted by atomic mass is 32.2. The van der Waals surface area contributed by atoms with Gasteiger partial charge in [0.25, 0.3) is 0 Å². The van der Waals surface area contributed by atoms with E-state index in [1.807, 2.05) is 0 Å². The minimum absolute atomic E-state index is 0.207. The van der Waals surface area contributed by atoms with Gasteiger partial charge in [-0.25, -0.2) is 8.42 Å². The molecular formula is C8H13NO4S2. The predicted octanol–water partition coefficient (Wildman–Crippen LogP) is 0.00420. The smallest absolute Gasteiger partial charge is 0.322 e. The van der Waals surface area contributed by atoms with E-state index in [9.17, 15) is 13.2 Å². The van der Waals surface area contributed by atoms with Crippen LogP contribution in [0.4, 0.5) is 0 Å². The zero-order valence-electron chi connectivity index (χ0n) is 8.13. The van der Waals surface area contributed by atoms with E-state index in [2.05, 4.69) is 6.58 Å². The Morgan fingerprint density at radius 1 is 1.67 bits per heavy atom. The monoisotopic (exact) mass is 251 g/mol. The van der Waals surface area contributed by atoms with Crippen molar-refractivity contribution < 1.29 is 18.3 Å². The second-order valence-electron chi connectivity index (χ2n) is 3.11. The molecule has 1 saturated heterocycles. The highest BCUT2D eigenvalue weighted by molar-refractivity contribution is 7.99. The number of rotatable bonds is 4. The fourth-order valence-electron chi connectivity index (χ4n) is 1.36. The summed E-state index contributed by atoms with van der Waals surface area (Å²) >= 11 is 1.46. The van der Waals surface area contributed by atoms with Crippen LogP contribution in [0.2, 0.25) is 0 Å². The molecule has 0 saturated carbocycles. The van der Waals surface area contributed by atoms with Crippen molar-refractivity contribution in [3.8, 4) is 0 Å². The van der Waals surface area contributed by atoms with Gasteiger partial charge in [-0.15, -0.1) is 6.58 Å². The van der Waals surface area contributed by atoms with E-state index in [4.69, 9.17) is 5.11 Å². The number of carboxylic acids is 1. The van der Waals surface area contributed by atoms with Crippen LogP contribution in [0.3, 0.4) is 0 Å². The maximum absolute atomic E-state index is 11.7. The van der Waals surface area contributed by atoms with Crippen LogP contribution in [0.25, 0.3) is 0 Å². The van der Waals surface area contributed by atoms with Crippen molar-refractivity contribution in [3.63, 3.8) is 0 Å². The lowest BCUT2D eigenvalue weighted by Crippen LogP contribution is -2.50. The van der Waals surface area contributed by atoms with E-state index in [1.54, 1.807) is 0 Å². The molecule has 0 aliphatic carbocycles. The highest BCUT2D eigenvalue weighted by Crippen LogP contribution is 2.20. The molecular weight excluding hydrogens is 238 g/mol. The molecule has 7 heteroatoms. The molecule has 86 valence electrons. The summed E-state index contributed by atoms with van der Waals surface area (Å²) in [5, 5.41) is 8.89. The summed E-state index contributed by atoms with van der Waals surface area (Å²) in [7, 11) is -3.51. The molecule has 1 atom stereocenters. The summed E-state index contributed by atoms with van der Waals surface area (Å²) in [4.78, 5) is 10.9. The van der Waals surface area contributed by atoms with E-state index >= 15 is 0 Å². The third-order valence-corrected chi connectivity index (χ3v) is 4.88. The van der Waals surface area contributed by atoms with E-state index in [0.29, 0.717) is 11.5 Å². The van der Waals surface area contributed by atoms with Gasteiger partial charge in [0.05, 0.1) is 5.75 Å². The highest BCUT2D eigenvalue weighted by Gasteiger charge is 2.36. The molecule has 0 aromatic rings. The number of hydrogen-bond acceptors (Lipinski definition) is 4. The van der Waals surface area contributed by atoms with Gasteiger partial charge in [-0.3, -0.25) is 4.79 Å². The number of aliphatic carboxylic acids is 1. The topological polar surface area (TPSA) is 74.7 Å². The van der Waals surface area contributed by atoms with Gasteiger partial charge in [-0.05, 0) is 0 Å². The molecule has 0 bridgehead atoms. The maximum atomic E-state index is 11.7. The van der Waals surface area contributed by atoms with E-state index in [-0.39, 0.29) is 12.3 Å². The third kappa shape index (κ3) is 2.96. The first kappa shape index (κ1) is 12.5. The van der Waals surface area contributed by atoms with Crippen molar-refractivity contribution >= 4 is 27.8 Å². The van der Waals surface area contributed by atoms with Crippen LogP contribution in [0.5, 0.6) is 0 Å². The Balaban J connectivity index is 2.89. The Bertz CT molecular complexity index is 352. The lowest BCUT2D eigenvalue weighted by molar-refractivity contribution is -0.140. The van der Waals surface area contributed by atoms with Gasteiger partial charge >= 0.3 is 5.97 Å². The molecule has 0 aromatic carbocycles. The van der Waals surface area contributed by atoms with Gasteiger partial charge < -0.3 is 5.11 Å².